The molecule has 0 aliphatic rings. The number of aliphatic imine (C=N–C) groups is 1. The van der Waals surface area contributed by atoms with Crippen LogP contribution in [0.25, 0.3) is 0 Å². The molecule has 0 aromatic heterocycles. The SMILES string of the molecule is CCNC(=NCC(C)COCc1ccccc1)NCC(O)COCC(C)C. The summed E-state index contributed by atoms with van der Waals surface area (Å²) in [4.78, 5) is 4.58. The van der Waals surface area contributed by atoms with Crippen LogP contribution in [0.2, 0.25) is 0 Å². The molecular weight excluding hydrogens is 342 g/mol. The van der Waals surface area contributed by atoms with Crippen LogP contribution in [0.3, 0.4) is 0 Å². The Morgan fingerprint density at radius 2 is 1.78 bits per heavy atom. The highest BCUT2D eigenvalue weighted by Crippen LogP contribution is 2.03. The summed E-state index contributed by atoms with van der Waals surface area (Å²) in [5.74, 6) is 1.48. The molecule has 0 saturated heterocycles. The molecule has 1 aromatic rings. The van der Waals surface area contributed by atoms with Crippen LogP contribution in [-0.2, 0) is 16.1 Å². The quantitative estimate of drug-likeness (QED) is 0.363. The van der Waals surface area contributed by atoms with Crippen LogP contribution in [0.15, 0.2) is 35.3 Å². The number of nitrogens with one attached hydrogen (secondary N) is 2. The van der Waals surface area contributed by atoms with Gasteiger partial charge in [-0.05, 0) is 24.3 Å². The molecule has 0 fully saturated rings. The molecule has 2 atom stereocenters. The summed E-state index contributed by atoms with van der Waals surface area (Å²) in [5, 5.41) is 16.4. The molecule has 27 heavy (non-hydrogen) atoms. The zero-order valence-electron chi connectivity index (χ0n) is 17.3. The van der Waals surface area contributed by atoms with Crippen LogP contribution in [0.5, 0.6) is 0 Å². The van der Waals surface area contributed by atoms with Crippen LogP contribution in [-0.4, -0.2) is 56.6 Å². The molecule has 0 saturated carbocycles. The van der Waals surface area contributed by atoms with E-state index in [4.69, 9.17) is 9.47 Å². The van der Waals surface area contributed by atoms with Gasteiger partial charge in [-0.25, -0.2) is 0 Å². The summed E-state index contributed by atoms with van der Waals surface area (Å²) >= 11 is 0. The molecule has 0 bridgehead atoms. The fraction of sp³-hybridized carbons (Fsp3) is 0.667. The Morgan fingerprint density at radius 1 is 1.04 bits per heavy atom. The molecule has 6 nitrogen and oxygen atoms in total. The molecular formula is C21H37N3O3. The van der Waals surface area contributed by atoms with E-state index in [1.54, 1.807) is 0 Å². The topological polar surface area (TPSA) is 75.1 Å². The van der Waals surface area contributed by atoms with Crippen molar-refractivity contribution in [3.8, 4) is 0 Å². The minimum Gasteiger partial charge on any atom is -0.389 e. The molecule has 0 amide bonds. The Labute approximate surface area is 164 Å². The summed E-state index contributed by atoms with van der Waals surface area (Å²) < 4.78 is 11.2. The first-order valence-electron chi connectivity index (χ1n) is 9.90. The lowest BCUT2D eigenvalue weighted by atomic mass is 10.2. The second kappa shape index (κ2) is 14.4. The Morgan fingerprint density at radius 3 is 2.44 bits per heavy atom. The first kappa shape index (κ1) is 23.4. The Hall–Kier alpha value is -1.63. The van der Waals surface area contributed by atoms with Crippen molar-refractivity contribution in [3.05, 3.63) is 35.9 Å². The van der Waals surface area contributed by atoms with E-state index in [2.05, 4.69) is 48.5 Å². The lowest BCUT2D eigenvalue weighted by Gasteiger charge is -2.17. The van der Waals surface area contributed by atoms with Crippen molar-refractivity contribution in [2.75, 3.05) is 39.5 Å². The minimum atomic E-state index is -0.556. The average Bonchev–Trinajstić information content (AvgIpc) is 2.64. The number of aliphatic hydroxyl groups is 1. The molecule has 1 aromatic carbocycles. The third-order valence-electron chi connectivity index (χ3n) is 3.69. The van der Waals surface area contributed by atoms with Crippen molar-refractivity contribution in [2.45, 2.75) is 40.4 Å². The highest BCUT2D eigenvalue weighted by molar-refractivity contribution is 5.79. The Kier molecular flexibility index (Phi) is 12.5. The second-order valence-corrected chi connectivity index (χ2v) is 7.29. The number of rotatable bonds is 13. The molecule has 0 heterocycles. The van der Waals surface area contributed by atoms with Crippen LogP contribution in [0.1, 0.15) is 33.3 Å². The van der Waals surface area contributed by atoms with Gasteiger partial charge in [0.1, 0.15) is 0 Å². The maximum absolute atomic E-state index is 9.99. The standard InChI is InChI=1S/C21H37N3O3/c1-5-22-21(24-12-20(25)16-26-13-17(2)3)23-11-18(4)14-27-15-19-9-7-6-8-10-19/h6-10,17-18,20,25H,5,11-16H2,1-4H3,(H2,22,23,24). The van der Waals surface area contributed by atoms with Crippen LogP contribution >= 0.6 is 0 Å². The van der Waals surface area contributed by atoms with Crippen molar-refractivity contribution in [1.82, 2.24) is 10.6 Å². The van der Waals surface area contributed by atoms with Gasteiger partial charge in [0.05, 0.1) is 25.9 Å². The van der Waals surface area contributed by atoms with Gasteiger partial charge in [-0.15, -0.1) is 0 Å². The van der Waals surface area contributed by atoms with Gasteiger partial charge in [-0.2, -0.15) is 0 Å². The first-order valence-corrected chi connectivity index (χ1v) is 9.90. The molecule has 0 aliphatic carbocycles. The second-order valence-electron chi connectivity index (χ2n) is 7.29. The van der Waals surface area contributed by atoms with E-state index in [9.17, 15) is 5.11 Å². The summed E-state index contributed by atoms with van der Waals surface area (Å²) in [7, 11) is 0. The zero-order valence-corrected chi connectivity index (χ0v) is 17.3. The minimum absolute atomic E-state index is 0.309. The van der Waals surface area contributed by atoms with Crippen molar-refractivity contribution < 1.29 is 14.6 Å². The lowest BCUT2D eigenvalue weighted by molar-refractivity contribution is 0.0280. The summed E-state index contributed by atoms with van der Waals surface area (Å²) in [6.07, 6.45) is -0.556. The van der Waals surface area contributed by atoms with Gasteiger partial charge in [0, 0.05) is 26.2 Å². The fourth-order valence-electron chi connectivity index (χ4n) is 2.31. The number of nitrogens with zero attached hydrogens (tertiary/aromatic N) is 1. The number of guanidine groups is 1. The van der Waals surface area contributed by atoms with E-state index in [0.717, 1.165) is 6.54 Å². The third kappa shape index (κ3) is 12.4. The highest BCUT2D eigenvalue weighted by Gasteiger charge is 2.08. The van der Waals surface area contributed by atoms with Gasteiger partial charge in [0.25, 0.3) is 0 Å². The summed E-state index contributed by atoms with van der Waals surface area (Å²) in [5.41, 5.74) is 1.18. The van der Waals surface area contributed by atoms with E-state index in [1.807, 2.05) is 25.1 Å². The molecule has 6 heteroatoms. The number of benzene rings is 1. The average molecular weight is 380 g/mol. The molecule has 2 unspecified atom stereocenters. The van der Waals surface area contributed by atoms with E-state index in [1.165, 1.54) is 5.56 Å². The van der Waals surface area contributed by atoms with E-state index < -0.39 is 6.10 Å². The first-order chi connectivity index (χ1) is 13.0. The predicted octanol–water partition coefficient (Wildman–Crippen LogP) is 2.43. The van der Waals surface area contributed by atoms with Gasteiger partial charge in [-0.1, -0.05) is 51.1 Å². The number of hydrogen-bond donors (Lipinski definition) is 3. The van der Waals surface area contributed by atoms with Crippen molar-refractivity contribution in [2.24, 2.45) is 16.8 Å². The number of ether oxygens (including phenoxy) is 2. The van der Waals surface area contributed by atoms with E-state index >= 15 is 0 Å². The Bertz CT molecular complexity index is 509. The molecule has 154 valence electrons. The monoisotopic (exact) mass is 379 g/mol. The number of hydrogen-bond acceptors (Lipinski definition) is 4. The zero-order chi connectivity index (χ0) is 19.9. The lowest BCUT2D eigenvalue weighted by Crippen LogP contribution is -2.42. The van der Waals surface area contributed by atoms with Crippen molar-refractivity contribution >= 4 is 5.96 Å². The smallest absolute Gasteiger partial charge is 0.191 e. The van der Waals surface area contributed by atoms with Gasteiger partial charge in [-0.3, -0.25) is 4.99 Å². The Balaban J connectivity index is 2.28. The predicted molar refractivity (Wildman–Crippen MR) is 111 cm³/mol. The normalized spacial score (nSPS) is 14.2. The maximum atomic E-state index is 9.99. The molecule has 0 radical (unpaired) electrons. The number of aliphatic hydroxyl groups excluding tert-OH is 1. The summed E-state index contributed by atoms with van der Waals surface area (Å²) in [6, 6.07) is 10.2. The fourth-order valence-corrected chi connectivity index (χ4v) is 2.31. The molecule has 0 aliphatic heterocycles. The van der Waals surface area contributed by atoms with E-state index in [-0.39, 0.29) is 0 Å². The van der Waals surface area contributed by atoms with Crippen LogP contribution < -0.4 is 10.6 Å². The molecule has 1 rings (SSSR count). The van der Waals surface area contributed by atoms with Gasteiger partial charge >= 0.3 is 0 Å². The van der Waals surface area contributed by atoms with Crippen molar-refractivity contribution in [1.29, 1.82) is 0 Å². The highest BCUT2D eigenvalue weighted by atomic mass is 16.5. The van der Waals surface area contributed by atoms with E-state index in [0.29, 0.717) is 57.3 Å². The van der Waals surface area contributed by atoms with Gasteiger partial charge in [0.15, 0.2) is 5.96 Å². The summed E-state index contributed by atoms with van der Waals surface area (Å²) in [6.45, 7) is 12.4. The maximum Gasteiger partial charge on any atom is 0.191 e. The van der Waals surface area contributed by atoms with Crippen molar-refractivity contribution in [3.63, 3.8) is 0 Å². The van der Waals surface area contributed by atoms with Crippen LogP contribution in [0.4, 0.5) is 0 Å². The molecule has 3 N–H and O–H groups in total. The van der Waals surface area contributed by atoms with Gasteiger partial charge < -0.3 is 25.2 Å². The largest absolute Gasteiger partial charge is 0.389 e. The third-order valence-corrected chi connectivity index (χ3v) is 3.69. The van der Waals surface area contributed by atoms with Crippen LogP contribution in [0, 0.1) is 11.8 Å². The molecule has 0 spiro atoms. The van der Waals surface area contributed by atoms with Gasteiger partial charge in [0.2, 0.25) is 0 Å².